The Labute approximate surface area is 174 Å². The van der Waals surface area contributed by atoms with Crippen LogP contribution in [0.1, 0.15) is 18.4 Å². The van der Waals surface area contributed by atoms with E-state index in [1.807, 2.05) is 24.3 Å². The van der Waals surface area contributed by atoms with Crippen LogP contribution in [0.15, 0.2) is 47.4 Å². The summed E-state index contributed by atoms with van der Waals surface area (Å²) in [6, 6.07) is 11.4. The van der Waals surface area contributed by atoms with Gasteiger partial charge in [0.25, 0.3) is 5.69 Å². The Hall–Kier alpha value is -2.20. The lowest BCUT2D eigenvalue weighted by Gasteiger charge is -2.38. The largest absolute Gasteiger partial charge is 0.381 e. The van der Waals surface area contributed by atoms with Crippen molar-refractivity contribution in [2.45, 2.75) is 23.2 Å². The molecule has 0 bridgehead atoms. The maximum Gasteiger partial charge on any atom is 0.293 e. The molecular formula is C19H22ClN3O5S. The van der Waals surface area contributed by atoms with Crippen LogP contribution in [0, 0.1) is 10.1 Å². The average Bonchev–Trinajstić information content (AvgIpc) is 2.73. The molecule has 2 aromatic carbocycles. The summed E-state index contributed by atoms with van der Waals surface area (Å²) in [5, 5.41) is 15.4. The Bertz CT molecular complexity index is 989. The lowest BCUT2D eigenvalue weighted by atomic mass is 9.74. The zero-order valence-electron chi connectivity index (χ0n) is 15.9. The first kappa shape index (κ1) is 21.5. The minimum absolute atomic E-state index is 0.157. The summed E-state index contributed by atoms with van der Waals surface area (Å²) in [7, 11) is -2.52. The summed E-state index contributed by atoms with van der Waals surface area (Å²) in [4.78, 5) is 10.8. The van der Waals surface area contributed by atoms with Gasteiger partial charge in [-0.2, -0.15) is 0 Å². The zero-order chi connectivity index (χ0) is 21.1. The number of nitrogens with one attached hydrogen (secondary N) is 2. The van der Waals surface area contributed by atoms with E-state index < -0.39 is 14.9 Å². The van der Waals surface area contributed by atoms with Crippen LogP contribution in [0.3, 0.4) is 0 Å². The number of nitro benzene ring substituents is 1. The molecule has 0 aromatic heterocycles. The highest BCUT2D eigenvalue weighted by Gasteiger charge is 2.35. The van der Waals surface area contributed by atoms with Gasteiger partial charge in [-0.05, 0) is 49.7 Å². The fourth-order valence-electron chi connectivity index (χ4n) is 3.49. The summed E-state index contributed by atoms with van der Waals surface area (Å²) < 4.78 is 31.6. The summed E-state index contributed by atoms with van der Waals surface area (Å²) in [5.41, 5.74) is 0.783. The van der Waals surface area contributed by atoms with Crippen molar-refractivity contribution in [1.82, 2.24) is 4.72 Å². The molecule has 0 amide bonds. The van der Waals surface area contributed by atoms with Crippen LogP contribution in [-0.4, -0.2) is 40.1 Å². The van der Waals surface area contributed by atoms with Gasteiger partial charge in [0.2, 0.25) is 10.0 Å². The van der Waals surface area contributed by atoms with Gasteiger partial charge in [0.1, 0.15) is 5.69 Å². The van der Waals surface area contributed by atoms with Crippen LogP contribution in [0.2, 0.25) is 5.02 Å². The van der Waals surface area contributed by atoms with Gasteiger partial charge in [-0.15, -0.1) is 0 Å². The van der Waals surface area contributed by atoms with Crippen molar-refractivity contribution in [2.24, 2.45) is 0 Å². The third kappa shape index (κ3) is 4.69. The van der Waals surface area contributed by atoms with Gasteiger partial charge in [-0.3, -0.25) is 10.1 Å². The summed E-state index contributed by atoms with van der Waals surface area (Å²) in [6.07, 6.45) is 1.50. The molecule has 1 saturated heterocycles. The number of anilines is 1. The predicted octanol–water partition coefficient (Wildman–Crippen LogP) is 3.32. The van der Waals surface area contributed by atoms with E-state index in [0.717, 1.165) is 24.5 Å². The van der Waals surface area contributed by atoms with Gasteiger partial charge >= 0.3 is 0 Å². The number of hydrogen-bond acceptors (Lipinski definition) is 6. The summed E-state index contributed by atoms with van der Waals surface area (Å²) in [5.74, 6) is 0. The molecule has 0 radical (unpaired) electrons. The Morgan fingerprint density at radius 1 is 1.17 bits per heavy atom. The van der Waals surface area contributed by atoms with E-state index in [0.29, 0.717) is 24.8 Å². The first-order chi connectivity index (χ1) is 13.8. The molecule has 1 aliphatic heterocycles. The van der Waals surface area contributed by atoms with Crippen LogP contribution in [0.5, 0.6) is 0 Å². The average molecular weight is 440 g/mol. The lowest BCUT2D eigenvalue weighted by molar-refractivity contribution is -0.384. The molecule has 0 saturated carbocycles. The van der Waals surface area contributed by atoms with E-state index >= 15 is 0 Å². The summed E-state index contributed by atoms with van der Waals surface area (Å²) >= 11 is 6.02. The topological polar surface area (TPSA) is 111 Å². The molecular weight excluding hydrogens is 418 g/mol. The number of rotatable bonds is 7. The molecule has 156 valence electrons. The second-order valence-corrected chi connectivity index (χ2v) is 9.22. The molecule has 1 fully saturated rings. The van der Waals surface area contributed by atoms with Crippen molar-refractivity contribution in [1.29, 1.82) is 0 Å². The van der Waals surface area contributed by atoms with E-state index in [1.165, 1.54) is 19.2 Å². The normalized spacial score (nSPS) is 16.3. The van der Waals surface area contributed by atoms with Gasteiger partial charge in [0.05, 0.1) is 9.82 Å². The first-order valence-electron chi connectivity index (χ1n) is 9.07. The number of nitrogens with zero attached hydrogens (tertiary/aromatic N) is 1. The molecule has 1 aliphatic rings. The number of halogens is 1. The van der Waals surface area contributed by atoms with Crippen LogP contribution in [0.25, 0.3) is 0 Å². The monoisotopic (exact) mass is 439 g/mol. The lowest BCUT2D eigenvalue weighted by Crippen LogP contribution is -2.40. The van der Waals surface area contributed by atoms with Gasteiger partial charge in [0, 0.05) is 36.3 Å². The van der Waals surface area contributed by atoms with Crippen LogP contribution in [-0.2, 0) is 20.2 Å². The van der Waals surface area contributed by atoms with Gasteiger partial charge in [0.15, 0.2) is 0 Å². The number of benzene rings is 2. The second-order valence-electron chi connectivity index (χ2n) is 6.90. The second kappa shape index (κ2) is 8.66. The van der Waals surface area contributed by atoms with Crippen molar-refractivity contribution in [3.05, 3.63) is 63.2 Å². The number of sulfonamides is 1. The van der Waals surface area contributed by atoms with Gasteiger partial charge < -0.3 is 10.1 Å². The minimum atomic E-state index is -3.78. The highest BCUT2D eigenvalue weighted by molar-refractivity contribution is 7.89. The fraction of sp³-hybridized carbons (Fsp3) is 0.368. The van der Waals surface area contributed by atoms with Gasteiger partial charge in [-0.1, -0.05) is 23.7 Å². The third-order valence-corrected chi connectivity index (χ3v) is 6.93. The molecule has 8 nitrogen and oxygen atoms in total. The highest BCUT2D eigenvalue weighted by Crippen LogP contribution is 2.37. The maximum atomic E-state index is 12.0. The van der Waals surface area contributed by atoms with Crippen LogP contribution in [0.4, 0.5) is 11.4 Å². The number of ether oxygens (including phenoxy) is 1. The standard InChI is InChI=1S/C19H22ClN3O5S/c1-21-29(26,27)16-6-7-17(18(12-16)23(24)25)22-13-19(8-10-28-11-9-19)14-2-4-15(20)5-3-14/h2-7,12,21-22H,8-11,13H2,1H3. The summed E-state index contributed by atoms with van der Waals surface area (Å²) in [6.45, 7) is 1.62. The highest BCUT2D eigenvalue weighted by atomic mass is 35.5. The van der Waals surface area contributed by atoms with Crippen LogP contribution < -0.4 is 10.0 Å². The molecule has 0 unspecified atom stereocenters. The molecule has 3 rings (SSSR count). The Kier molecular flexibility index (Phi) is 6.42. The van der Waals surface area contributed by atoms with Crippen molar-refractivity contribution in [3.8, 4) is 0 Å². The molecule has 10 heteroatoms. The molecule has 2 N–H and O–H groups in total. The molecule has 1 heterocycles. The molecule has 2 aromatic rings. The number of nitro groups is 1. The Morgan fingerprint density at radius 3 is 2.41 bits per heavy atom. The van der Waals surface area contributed by atoms with E-state index in [4.69, 9.17) is 16.3 Å². The molecule has 0 spiro atoms. The molecule has 29 heavy (non-hydrogen) atoms. The van der Waals surface area contributed by atoms with E-state index in [-0.39, 0.29) is 21.7 Å². The first-order valence-corrected chi connectivity index (χ1v) is 10.9. The fourth-order valence-corrected chi connectivity index (χ4v) is 4.37. The van der Waals surface area contributed by atoms with Crippen molar-refractivity contribution in [2.75, 3.05) is 32.1 Å². The van der Waals surface area contributed by atoms with E-state index in [1.54, 1.807) is 0 Å². The predicted molar refractivity (Wildman–Crippen MR) is 111 cm³/mol. The Balaban J connectivity index is 1.91. The zero-order valence-corrected chi connectivity index (χ0v) is 17.4. The van der Waals surface area contributed by atoms with E-state index in [2.05, 4.69) is 10.0 Å². The van der Waals surface area contributed by atoms with Gasteiger partial charge in [-0.25, -0.2) is 13.1 Å². The van der Waals surface area contributed by atoms with Crippen LogP contribution >= 0.6 is 11.6 Å². The third-order valence-electron chi connectivity index (χ3n) is 5.27. The van der Waals surface area contributed by atoms with Crippen molar-refractivity contribution >= 4 is 33.0 Å². The van der Waals surface area contributed by atoms with E-state index in [9.17, 15) is 18.5 Å². The smallest absolute Gasteiger partial charge is 0.293 e. The number of hydrogen-bond donors (Lipinski definition) is 2. The van der Waals surface area contributed by atoms with Crippen molar-refractivity contribution < 1.29 is 18.1 Å². The van der Waals surface area contributed by atoms with Crippen molar-refractivity contribution in [3.63, 3.8) is 0 Å². The molecule has 0 aliphatic carbocycles. The SMILES string of the molecule is CNS(=O)(=O)c1ccc(NCC2(c3ccc(Cl)cc3)CCOCC2)c([N+](=O)[O-])c1. The quantitative estimate of drug-likeness (QED) is 0.505. The minimum Gasteiger partial charge on any atom is -0.381 e. The molecule has 0 atom stereocenters. The Morgan fingerprint density at radius 2 is 1.83 bits per heavy atom. The maximum absolute atomic E-state index is 12.0.